The molecule has 0 aromatic heterocycles. The van der Waals surface area contributed by atoms with Gasteiger partial charge in [0.15, 0.2) is 0 Å². The van der Waals surface area contributed by atoms with Crippen molar-refractivity contribution < 1.29 is 85.6 Å². The zero-order valence-electron chi connectivity index (χ0n) is 29.4. The van der Waals surface area contributed by atoms with E-state index < -0.39 is 47.7 Å². The lowest BCUT2D eigenvalue weighted by Gasteiger charge is -2.40. The first-order chi connectivity index (χ1) is 26.0. The van der Waals surface area contributed by atoms with Gasteiger partial charge < -0.3 is 23.7 Å². The van der Waals surface area contributed by atoms with Crippen molar-refractivity contribution in [2.24, 2.45) is 5.41 Å². The molecule has 0 unspecified atom stereocenters. The third kappa shape index (κ3) is 9.46. The Kier molecular flexibility index (Phi) is 13.6. The highest BCUT2D eigenvalue weighted by Gasteiger charge is 2.91. The van der Waals surface area contributed by atoms with E-state index in [1.54, 1.807) is 12.1 Å². The Morgan fingerprint density at radius 3 is 1.57 bits per heavy atom. The zero-order chi connectivity index (χ0) is 41.6. The molecule has 3 aromatic carbocycles. The summed E-state index contributed by atoms with van der Waals surface area (Å²) in [6, 6.07) is 14.3. The number of benzene rings is 3. The van der Waals surface area contributed by atoms with Crippen LogP contribution in [0.1, 0.15) is 49.4 Å². The summed E-state index contributed by atoms with van der Waals surface area (Å²) >= 11 is 0. The van der Waals surface area contributed by atoms with E-state index in [-0.39, 0.29) is 27.9 Å². The lowest BCUT2D eigenvalue weighted by molar-refractivity contribution is -0.456. The zero-order valence-corrected chi connectivity index (χ0v) is 29.4. The molecule has 0 bridgehead atoms. The first-order valence-corrected chi connectivity index (χ1v) is 17.0. The van der Waals surface area contributed by atoms with Crippen LogP contribution < -0.4 is 14.2 Å². The van der Waals surface area contributed by atoms with Crippen molar-refractivity contribution in [1.29, 1.82) is 0 Å². The molecule has 6 nitrogen and oxygen atoms in total. The second kappa shape index (κ2) is 17.1. The Balaban J connectivity index is 1.24. The number of esters is 1. The smallest absolute Gasteiger partial charge is 0.471 e. The fourth-order valence-electron chi connectivity index (χ4n) is 5.17. The molecule has 1 heterocycles. The lowest BCUT2D eigenvalue weighted by Crippen LogP contribution is -2.70. The fourth-order valence-corrected chi connectivity index (χ4v) is 5.17. The molecular formula is C37H35F13O6. The molecule has 4 rings (SSSR count). The summed E-state index contributed by atoms with van der Waals surface area (Å²) < 4.78 is 199. The number of alkyl halides is 13. The average molecular weight is 823 g/mol. The lowest BCUT2D eigenvalue weighted by atomic mass is 9.84. The van der Waals surface area contributed by atoms with Crippen molar-refractivity contribution in [2.45, 2.75) is 75.0 Å². The number of carbonyl (C=O) groups is 1. The van der Waals surface area contributed by atoms with Gasteiger partial charge in [-0.25, -0.2) is 4.79 Å². The second-order valence-electron chi connectivity index (χ2n) is 13.0. The van der Waals surface area contributed by atoms with Crippen LogP contribution in [-0.4, -0.2) is 75.0 Å². The van der Waals surface area contributed by atoms with E-state index in [2.05, 4.69) is 11.7 Å². The Labute approximate surface area is 311 Å². The van der Waals surface area contributed by atoms with Gasteiger partial charge in [0.2, 0.25) is 0 Å². The quantitative estimate of drug-likeness (QED) is 0.0490. The molecule has 0 saturated carbocycles. The molecule has 0 N–H and O–H groups in total. The Morgan fingerprint density at radius 2 is 1.09 bits per heavy atom. The largest absolute Gasteiger partial charge is 0.494 e. The minimum absolute atomic E-state index is 0.0575. The fraction of sp³-hybridized carbons (Fsp3) is 0.486. The van der Waals surface area contributed by atoms with Crippen LogP contribution in [0.25, 0.3) is 11.1 Å². The minimum Gasteiger partial charge on any atom is -0.494 e. The Hall–Kier alpha value is -4.26. The average Bonchev–Trinajstić information content (AvgIpc) is 3.12. The molecule has 1 saturated heterocycles. The van der Waals surface area contributed by atoms with E-state index in [0.29, 0.717) is 37.7 Å². The maximum atomic E-state index is 14.1. The molecule has 1 aliphatic rings. The van der Waals surface area contributed by atoms with Crippen LogP contribution in [0, 0.1) is 5.41 Å². The molecule has 0 atom stereocenters. The number of halogens is 13. The van der Waals surface area contributed by atoms with Gasteiger partial charge in [-0.2, -0.15) is 57.1 Å². The van der Waals surface area contributed by atoms with Gasteiger partial charge in [-0.1, -0.05) is 37.6 Å². The predicted octanol–water partition coefficient (Wildman–Crippen LogP) is 11.0. The monoisotopic (exact) mass is 822 g/mol. The van der Waals surface area contributed by atoms with Crippen molar-refractivity contribution >= 4 is 5.97 Å². The predicted molar refractivity (Wildman–Crippen MR) is 173 cm³/mol. The Bertz CT molecular complexity index is 1720. The maximum Gasteiger partial charge on any atom is 0.471 e. The van der Waals surface area contributed by atoms with E-state index in [1.165, 1.54) is 36.4 Å². The van der Waals surface area contributed by atoms with E-state index >= 15 is 0 Å². The molecule has 0 amide bonds. The third-order valence-corrected chi connectivity index (χ3v) is 8.92. The number of carbonyl (C=O) groups excluding carboxylic acids is 1. The van der Waals surface area contributed by atoms with Gasteiger partial charge >= 0.3 is 41.9 Å². The van der Waals surface area contributed by atoms with Gasteiger partial charge in [-0.05, 0) is 85.3 Å². The Morgan fingerprint density at radius 1 is 0.607 bits per heavy atom. The van der Waals surface area contributed by atoms with Gasteiger partial charge in [-0.3, -0.25) is 0 Å². The molecule has 0 radical (unpaired) electrons. The highest BCUT2D eigenvalue weighted by atomic mass is 19.4. The van der Waals surface area contributed by atoms with E-state index in [0.717, 1.165) is 57.5 Å². The van der Waals surface area contributed by atoms with Gasteiger partial charge in [0.05, 0.1) is 32.0 Å². The van der Waals surface area contributed by atoms with Gasteiger partial charge in [0.25, 0.3) is 0 Å². The molecule has 56 heavy (non-hydrogen) atoms. The van der Waals surface area contributed by atoms with Crippen LogP contribution in [0.15, 0.2) is 72.8 Å². The topological polar surface area (TPSA) is 63.2 Å². The van der Waals surface area contributed by atoms with E-state index in [9.17, 15) is 61.9 Å². The molecule has 1 aliphatic heterocycles. The summed E-state index contributed by atoms with van der Waals surface area (Å²) in [5.41, 5.74) is 0.778. The molecule has 0 spiro atoms. The number of hydrogen-bond acceptors (Lipinski definition) is 6. The van der Waals surface area contributed by atoms with Crippen LogP contribution >= 0.6 is 0 Å². The van der Waals surface area contributed by atoms with Crippen molar-refractivity contribution in [3.05, 3.63) is 78.4 Å². The summed E-state index contributed by atoms with van der Waals surface area (Å²) in [5, 5.41) is 0. The molecule has 1 fully saturated rings. The molecule has 310 valence electrons. The van der Waals surface area contributed by atoms with Crippen LogP contribution in [0.3, 0.4) is 0 Å². The van der Waals surface area contributed by atoms with Crippen LogP contribution in [0.2, 0.25) is 0 Å². The first kappa shape index (κ1) is 44.5. The maximum absolute atomic E-state index is 14.1. The van der Waals surface area contributed by atoms with Crippen molar-refractivity contribution in [2.75, 3.05) is 33.0 Å². The summed E-state index contributed by atoms with van der Waals surface area (Å²) in [6.45, 7) is 5.51. The van der Waals surface area contributed by atoms with Gasteiger partial charge in [-0.15, -0.1) is 0 Å². The third-order valence-electron chi connectivity index (χ3n) is 8.92. The molecule has 3 aromatic rings. The van der Waals surface area contributed by atoms with Crippen LogP contribution in [0.5, 0.6) is 17.2 Å². The summed E-state index contributed by atoms with van der Waals surface area (Å²) in [7, 11) is 0. The van der Waals surface area contributed by atoms with Crippen molar-refractivity contribution in [3.63, 3.8) is 0 Å². The van der Waals surface area contributed by atoms with Crippen LogP contribution in [-0.2, 0) is 9.47 Å². The first-order valence-electron chi connectivity index (χ1n) is 17.0. The standard InChI is InChI=1S/C37H35F13O6/c1-2-31(22-53-23-31)21-52-19-5-3-4-6-20-54-27-13-11-26(12-14-27)30(51)55-28-15-7-24(8-16-28)25-9-17-29(18-10-25)56-37(49,50)35(44,45)33(40,41)32(38,39)34(42,43)36(46,47)48/h7-18H,2-6,19-23H2,1H3. The highest BCUT2D eigenvalue weighted by molar-refractivity contribution is 5.91. The summed E-state index contributed by atoms with van der Waals surface area (Å²) in [4.78, 5) is 12.6. The minimum atomic E-state index is -8.03. The highest BCUT2D eigenvalue weighted by Crippen LogP contribution is 2.60. The van der Waals surface area contributed by atoms with E-state index in [4.69, 9.17) is 18.9 Å². The van der Waals surface area contributed by atoms with E-state index in [1.807, 2.05) is 0 Å². The number of rotatable bonds is 20. The van der Waals surface area contributed by atoms with Gasteiger partial charge in [0, 0.05) is 12.0 Å². The second-order valence-corrected chi connectivity index (χ2v) is 13.0. The SMILES string of the molecule is CCC1(COCCCCCCOc2ccc(C(=O)Oc3ccc(-c4ccc(OC(F)(F)C(F)(F)C(F)(F)C(F)(F)C(F)(F)C(F)(F)F)cc4)cc3)cc2)COC1. The van der Waals surface area contributed by atoms with Gasteiger partial charge in [0.1, 0.15) is 17.2 Å². The van der Waals surface area contributed by atoms with Crippen molar-refractivity contribution in [3.8, 4) is 28.4 Å². The number of ether oxygens (including phenoxy) is 5. The molecular weight excluding hydrogens is 787 g/mol. The number of unbranched alkanes of at least 4 members (excludes halogenated alkanes) is 3. The normalized spacial score (nSPS) is 15.2. The number of hydrogen-bond donors (Lipinski definition) is 0. The molecule has 19 heteroatoms. The van der Waals surface area contributed by atoms with Crippen LogP contribution in [0.4, 0.5) is 57.1 Å². The van der Waals surface area contributed by atoms with Crippen molar-refractivity contribution in [1.82, 2.24) is 0 Å². The summed E-state index contributed by atoms with van der Waals surface area (Å²) in [5.74, 6) is -32.9. The molecule has 0 aliphatic carbocycles. The summed E-state index contributed by atoms with van der Waals surface area (Å²) in [6.07, 6.45) is -9.48.